The number of pyridine rings is 1. The topological polar surface area (TPSA) is 45.2 Å². The summed E-state index contributed by atoms with van der Waals surface area (Å²) in [4.78, 5) is 4.51. The number of nitrogens with zero attached hydrogens (tertiary/aromatic N) is 2. The molecule has 0 saturated carbocycles. The second-order valence-corrected chi connectivity index (χ2v) is 6.94. The first-order valence-corrected chi connectivity index (χ1v) is 7.81. The molecule has 1 atom stereocenters. The Kier molecular flexibility index (Phi) is 3.60. The van der Waals surface area contributed by atoms with Gasteiger partial charge in [0.1, 0.15) is 16.7 Å². The molecule has 1 unspecified atom stereocenters. The summed E-state index contributed by atoms with van der Waals surface area (Å²) in [6, 6.07) is 2.81. The van der Waals surface area contributed by atoms with Gasteiger partial charge in [-0.3, -0.25) is 4.98 Å². The second kappa shape index (κ2) is 5.13. The van der Waals surface area contributed by atoms with Crippen molar-refractivity contribution in [2.24, 2.45) is 5.41 Å². The molecule has 1 aromatic rings. The van der Waals surface area contributed by atoms with Crippen LogP contribution < -0.4 is 5.32 Å². The lowest BCUT2D eigenvalue weighted by Crippen LogP contribution is -2.71. The van der Waals surface area contributed by atoms with Gasteiger partial charge in [-0.1, -0.05) is 6.92 Å². The minimum atomic E-state index is -2.59. The molecule has 1 N–H and O–H groups in total. The Balaban J connectivity index is 1.77. The van der Waals surface area contributed by atoms with Crippen molar-refractivity contribution in [3.05, 3.63) is 23.5 Å². The number of aryl methyl sites for hydroxylation is 1. The summed E-state index contributed by atoms with van der Waals surface area (Å²) in [5, 5.41) is 3.22. The van der Waals surface area contributed by atoms with Gasteiger partial charge in [-0.2, -0.15) is 0 Å². The van der Waals surface area contributed by atoms with Crippen LogP contribution in [0.25, 0.3) is 0 Å². The van der Waals surface area contributed by atoms with E-state index in [0.29, 0.717) is 22.4 Å². The first-order chi connectivity index (χ1) is 9.54. The SMILES string of the molecule is CCc1nc(C(F)F)ccc1S(=O)N1CC2(CNC2)C1. The van der Waals surface area contributed by atoms with Crippen molar-refractivity contribution < 1.29 is 13.0 Å². The number of aromatic nitrogens is 1. The smallest absolute Gasteiger partial charge is 0.280 e. The van der Waals surface area contributed by atoms with Gasteiger partial charge in [-0.05, 0) is 18.6 Å². The van der Waals surface area contributed by atoms with Crippen LogP contribution in [0.1, 0.15) is 24.7 Å². The normalized spacial score (nSPS) is 22.6. The molecule has 1 aromatic heterocycles. The summed E-state index contributed by atoms with van der Waals surface area (Å²) in [6.07, 6.45) is -2.08. The molecule has 0 aromatic carbocycles. The van der Waals surface area contributed by atoms with Gasteiger partial charge in [-0.25, -0.2) is 17.3 Å². The molecule has 1 spiro atoms. The lowest BCUT2D eigenvalue weighted by atomic mass is 9.76. The van der Waals surface area contributed by atoms with Crippen LogP contribution in [0.15, 0.2) is 17.0 Å². The summed E-state index contributed by atoms with van der Waals surface area (Å²) in [5.74, 6) is 0. The largest absolute Gasteiger partial charge is 0.315 e. The highest BCUT2D eigenvalue weighted by molar-refractivity contribution is 7.82. The molecule has 3 rings (SSSR count). The van der Waals surface area contributed by atoms with E-state index in [9.17, 15) is 13.0 Å². The van der Waals surface area contributed by atoms with Crippen molar-refractivity contribution in [1.29, 1.82) is 0 Å². The van der Waals surface area contributed by atoms with Crippen molar-refractivity contribution in [3.63, 3.8) is 0 Å². The van der Waals surface area contributed by atoms with Gasteiger partial charge in [0.15, 0.2) is 0 Å². The molecule has 3 heterocycles. The standard InChI is InChI=1S/C13H17F2N3OS/c1-2-9-11(4-3-10(17-9)12(14)15)20(19)18-7-13(8-18)5-16-6-13/h3-4,12,16H,2,5-8H2,1H3. The highest BCUT2D eigenvalue weighted by Crippen LogP contribution is 2.36. The maximum Gasteiger partial charge on any atom is 0.280 e. The summed E-state index contributed by atoms with van der Waals surface area (Å²) >= 11 is 0. The van der Waals surface area contributed by atoms with Crippen LogP contribution in [-0.4, -0.2) is 39.7 Å². The fourth-order valence-corrected chi connectivity index (χ4v) is 4.34. The van der Waals surface area contributed by atoms with Gasteiger partial charge in [0.2, 0.25) is 0 Å². The van der Waals surface area contributed by atoms with Gasteiger partial charge in [-0.15, -0.1) is 0 Å². The molecular weight excluding hydrogens is 284 g/mol. The maximum absolute atomic E-state index is 12.7. The van der Waals surface area contributed by atoms with Crippen LogP contribution in [0.2, 0.25) is 0 Å². The highest BCUT2D eigenvalue weighted by atomic mass is 32.2. The van der Waals surface area contributed by atoms with E-state index in [2.05, 4.69) is 10.3 Å². The van der Waals surface area contributed by atoms with E-state index in [0.717, 1.165) is 26.2 Å². The van der Waals surface area contributed by atoms with E-state index in [1.165, 1.54) is 12.1 Å². The minimum absolute atomic E-state index is 0.245. The zero-order valence-corrected chi connectivity index (χ0v) is 12.1. The summed E-state index contributed by atoms with van der Waals surface area (Å²) < 4.78 is 39.7. The molecule has 2 aliphatic rings. The fourth-order valence-electron chi connectivity index (χ4n) is 2.70. The predicted molar refractivity (Wildman–Crippen MR) is 71.9 cm³/mol. The van der Waals surface area contributed by atoms with E-state index in [-0.39, 0.29) is 5.69 Å². The highest BCUT2D eigenvalue weighted by Gasteiger charge is 2.49. The lowest BCUT2D eigenvalue weighted by Gasteiger charge is -2.55. The van der Waals surface area contributed by atoms with Crippen LogP contribution in [-0.2, 0) is 17.4 Å². The van der Waals surface area contributed by atoms with Crippen LogP contribution in [0.4, 0.5) is 8.78 Å². The predicted octanol–water partition coefficient (Wildman–Crippen LogP) is 1.51. The Hall–Kier alpha value is -0.920. The third kappa shape index (κ3) is 2.27. The Morgan fingerprint density at radius 3 is 2.65 bits per heavy atom. The first kappa shape index (κ1) is 14.0. The number of halogens is 2. The van der Waals surface area contributed by atoms with Gasteiger partial charge >= 0.3 is 0 Å². The Bertz CT molecular complexity index is 540. The Morgan fingerprint density at radius 2 is 2.15 bits per heavy atom. The molecule has 2 saturated heterocycles. The lowest BCUT2D eigenvalue weighted by molar-refractivity contribution is 0.0199. The Labute approximate surface area is 119 Å². The van der Waals surface area contributed by atoms with Crippen molar-refractivity contribution in [3.8, 4) is 0 Å². The zero-order chi connectivity index (χ0) is 14.3. The molecule has 0 radical (unpaired) electrons. The van der Waals surface area contributed by atoms with Crippen molar-refractivity contribution in [2.75, 3.05) is 26.2 Å². The third-order valence-electron chi connectivity index (χ3n) is 3.96. The third-order valence-corrected chi connectivity index (χ3v) is 5.43. The van der Waals surface area contributed by atoms with E-state index in [1.54, 1.807) is 0 Å². The molecule has 2 aliphatic heterocycles. The van der Waals surface area contributed by atoms with Gasteiger partial charge in [0.25, 0.3) is 6.43 Å². The average Bonchev–Trinajstić information content (AvgIpc) is 2.34. The number of alkyl halides is 2. The van der Waals surface area contributed by atoms with E-state index in [4.69, 9.17) is 0 Å². The number of hydrogen-bond acceptors (Lipinski definition) is 3. The second-order valence-electron chi connectivity index (χ2n) is 5.49. The maximum atomic E-state index is 12.7. The zero-order valence-electron chi connectivity index (χ0n) is 11.2. The molecule has 20 heavy (non-hydrogen) atoms. The molecule has 0 aliphatic carbocycles. The number of rotatable bonds is 4. The van der Waals surface area contributed by atoms with Crippen molar-refractivity contribution in [2.45, 2.75) is 24.7 Å². The quantitative estimate of drug-likeness (QED) is 0.917. The van der Waals surface area contributed by atoms with E-state index in [1.807, 2.05) is 11.2 Å². The fraction of sp³-hybridized carbons (Fsp3) is 0.615. The van der Waals surface area contributed by atoms with Crippen LogP contribution >= 0.6 is 0 Å². The van der Waals surface area contributed by atoms with E-state index < -0.39 is 17.4 Å². The van der Waals surface area contributed by atoms with Crippen LogP contribution in [0.5, 0.6) is 0 Å². The average molecular weight is 301 g/mol. The van der Waals surface area contributed by atoms with E-state index >= 15 is 0 Å². The molecule has 7 heteroatoms. The number of hydrogen-bond donors (Lipinski definition) is 1. The summed E-state index contributed by atoms with van der Waals surface area (Å²) in [7, 11) is -1.29. The number of nitrogens with one attached hydrogen (secondary N) is 1. The first-order valence-electron chi connectivity index (χ1n) is 6.70. The molecule has 2 fully saturated rings. The van der Waals surface area contributed by atoms with Crippen molar-refractivity contribution >= 4 is 11.0 Å². The van der Waals surface area contributed by atoms with Gasteiger partial charge in [0, 0.05) is 31.6 Å². The molecule has 4 nitrogen and oxygen atoms in total. The molecular formula is C13H17F2N3OS. The van der Waals surface area contributed by atoms with Gasteiger partial charge < -0.3 is 5.32 Å². The molecule has 0 bridgehead atoms. The van der Waals surface area contributed by atoms with Crippen molar-refractivity contribution in [1.82, 2.24) is 14.6 Å². The minimum Gasteiger partial charge on any atom is -0.315 e. The monoisotopic (exact) mass is 301 g/mol. The Morgan fingerprint density at radius 1 is 1.45 bits per heavy atom. The summed E-state index contributed by atoms with van der Waals surface area (Å²) in [5.41, 5.74) is 0.554. The summed E-state index contributed by atoms with van der Waals surface area (Å²) in [6.45, 7) is 5.39. The molecule has 0 amide bonds. The van der Waals surface area contributed by atoms with Crippen LogP contribution in [0, 0.1) is 5.41 Å². The van der Waals surface area contributed by atoms with Crippen LogP contribution in [0.3, 0.4) is 0 Å². The van der Waals surface area contributed by atoms with Gasteiger partial charge in [0.05, 0.1) is 10.6 Å². The molecule has 110 valence electrons.